The lowest BCUT2D eigenvalue weighted by atomic mass is 9.82. The monoisotopic (exact) mass is 230 g/mol. The van der Waals surface area contributed by atoms with E-state index < -0.39 is 12.3 Å². The Morgan fingerprint density at radius 2 is 2.12 bits per heavy atom. The average Bonchev–Trinajstić information content (AvgIpc) is 2.28. The maximum Gasteiger partial charge on any atom is 0.337 e. The van der Waals surface area contributed by atoms with Crippen LogP contribution in [0.2, 0.25) is 0 Å². The average molecular weight is 230 g/mol. The molecule has 0 aromatic heterocycles. The molecule has 1 aliphatic heterocycles. The Hall–Kier alpha value is -1.07. The standard InChI is InChI=1S/C11H18O5/c1-6-8(10(12)14-3)5-16-7(2)9(6)11(13)15-4/h5-7,9,11,13H,1-4H3. The van der Waals surface area contributed by atoms with Crippen LogP contribution >= 0.6 is 0 Å². The smallest absolute Gasteiger partial charge is 0.337 e. The van der Waals surface area contributed by atoms with Gasteiger partial charge in [-0.3, -0.25) is 0 Å². The van der Waals surface area contributed by atoms with Crippen LogP contribution in [0.3, 0.4) is 0 Å². The summed E-state index contributed by atoms with van der Waals surface area (Å²) in [6.07, 6.45) is 0.233. The van der Waals surface area contributed by atoms with Gasteiger partial charge in [-0.15, -0.1) is 0 Å². The van der Waals surface area contributed by atoms with Gasteiger partial charge in [-0.05, 0) is 6.92 Å². The highest BCUT2D eigenvalue weighted by atomic mass is 16.6. The number of carbonyl (C=O) groups excluding carboxylic acids is 1. The van der Waals surface area contributed by atoms with E-state index in [1.807, 2.05) is 13.8 Å². The molecule has 92 valence electrons. The molecule has 0 aromatic carbocycles. The summed E-state index contributed by atoms with van der Waals surface area (Å²) in [7, 11) is 2.73. The second-order valence-corrected chi connectivity index (χ2v) is 3.90. The summed E-state index contributed by atoms with van der Waals surface area (Å²) in [6.45, 7) is 3.67. The van der Waals surface area contributed by atoms with E-state index in [1.54, 1.807) is 0 Å². The van der Waals surface area contributed by atoms with Crippen molar-refractivity contribution in [1.82, 2.24) is 0 Å². The van der Waals surface area contributed by atoms with Crippen LogP contribution in [-0.4, -0.2) is 37.7 Å². The van der Waals surface area contributed by atoms with Gasteiger partial charge in [0.2, 0.25) is 0 Å². The van der Waals surface area contributed by atoms with Crippen molar-refractivity contribution in [1.29, 1.82) is 0 Å². The van der Waals surface area contributed by atoms with E-state index in [-0.39, 0.29) is 17.9 Å². The van der Waals surface area contributed by atoms with Crippen LogP contribution in [0.1, 0.15) is 13.8 Å². The lowest BCUT2D eigenvalue weighted by molar-refractivity contribution is -0.159. The molecule has 5 nitrogen and oxygen atoms in total. The largest absolute Gasteiger partial charge is 0.497 e. The van der Waals surface area contributed by atoms with Crippen molar-refractivity contribution in [2.45, 2.75) is 26.2 Å². The second-order valence-electron chi connectivity index (χ2n) is 3.90. The molecule has 0 radical (unpaired) electrons. The Morgan fingerprint density at radius 1 is 1.50 bits per heavy atom. The van der Waals surface area contributed by atoms with E-state index in [4.69, 9.17) is 9.47 Å². The third-order valence-corrected chi connectivity index (χ3v) is 3.01. The Morgan fingerprint density at radius 3 is 2.62 bits per heavy atom. The zero-order chi connectivity index (χ0) is 12.3. The van der Waals surface area contributed by atoms with Crippen LogP contribution in [0.4, 0.5) is 0 Å². The molecule has 1 N–H and O–H groups in total. The summed E-state index contributed by atoms with van der Waals surface area (Å²) in [4.78, 5) is 11.4. The van der Waals surface area contributed by atoms with Crippen molar-refractivity contribution >= 4 is 5.97 Å². The summed E-state index contributed by atoms with van der Waals surface area (Å²) in [5.74, 6) is -0.900. The molecule has 4 atom stereocenters. The molecule has 0 saturated heterocycles. The van der Waals surface area contributed by atoms with Crippen molar-refractivity contribution in [3.63, 3.8) is 0 Å². The van der Waals surface area contributed by atoms with Crippen molar-refractivity contribution in [3.05, 3.63) is 11.8 Å². The third kappa shape index (κ3) is 2.36. The molecule has 0 amide bonds. The fourth-order valence-corrected chi connectivity index (χ4v) is 1.98. The third-order valence-electron chi connectivity index (χ3n) is 3.01. The Bertz CT molecular complexity index is 286. The first-order valence-electron chi connectivity index (χ1n) is 5.17. The summed E-state index contributed by atoms with van der Waals surface area (Å²) in [6, 6.07) is 0. The summed E-state index contributed by atoms with van der Waals surface area (Å²) < 4.78 is 14.9. The van der Waals surface area contributed by atoms with Gasteiger partial charge in [0.05, 0.1) is 24.9 Å². The zero-order valence-electron chi connectivity index (χ0n) is 9.97. The topological polar surface area (TPSA) is 65.0 Å². The molecular weight excluding hydrogens is 212 g/mol. The molecule has 5 heteroatoms. The molecule has 0 spiro atoms. The Kier molecular flexibility index (Phi) is 4.32. The highest BCUT2D eigenvalue weighted by Crippen LogP contribution is 2.33. The number of aliphatic hydroxyl groups is 1. The molecule has 1 rings (SSSR count). The van der Waals surface area contributed by atoms with Gasteiger partial charge in [-0.25, -0.2) is 4.79 Å². The fourth-order valence-electron chi connectivity index (χ4n) is 1.98. The van der Waals surface area contributed by atoms with Crippen LogP contribution in [0.15, 0.2) is 11.8 Å². The summed E-state index contributed by atoms with van der Waals surface area (Å²) in [5, 5.41) is 9.71. The van der Waals surface area contributed by atoms with Gasteiger partial charge < -0.3 is 19.3 Å². The van der Waals surface area contributed by atoms with Crippen LogP contribution in [-0.2, 0) is 19.0 Å². The molecule has 0 aliphatic carbocycles. The zero-order valence-corrected chi connectivity index (χ0v) is 9.97. The Balaban J connectivity index is 2.90. The van der Waals surface area contributed by atoms with Crippen molar-refractivity contribution in [2.24, 2.45) is 11.8 Å². The minimum atomic E-state index is -0.960. The quantitative estimate of drug-likeness (QED) is 0.570. The molecule has 16 heavy (non-hydrogen) atoms. The Labute approximate surface area is 95.0 Å². The van der Waals surface area contributed by atoms with Crippen LogP contribution in [0, 0.1) is 11.8 Å². The molecule has 0 fully saturated rings. The van der Waals surface area contributed by atoms with Gasteiger partial charge in [0.15, 0.2) is 6.29 Å². The molecule has 0 aromatic rings. The van der Waals surface area contributed by atoms with Gasteiger partial charge in [0, 0.05) is 13.0 Å². The van der Waals surface area contributed by atoms with Gasteiger partial charge >= 0.3 is 5.97 Å². The van der Waals surface area contributed by atoms with E-state index in [0.717, 1.165) is 0 Å². The molecule has 1 aliphatic rings. The summed E-state index contributed by atoms with van der Waals surface area (Å²) >= 11 is 0. The first kappa shape index (κ1) is 13.0. The van der Waals surface area contributed by atoms with Crippen molar-refractivity contribution in [2.75, 3.05) is 14.2 Å². The van der Waals surface area contributed by atoms with Crippen LogP contribution in [0.25, 0.3) is 0 Å². The van der Waals surface area contributed by atoms with Gasteiger partial charge in [0.1, 0.15) is 6.10 Å². The highest BCUT2D eigenvalue weighted by Gasteiger charge is 2.39. The maximum atomic E-state index is 11.4. The minimum Gasteiger partial charge on any atom is -0.497 e. The fraction of sp³-hybridized carbons (Fsp3) is 0.727. The molecule has 4 unspecified atom stereocenters. The number of esters is 1. The van der Waals surface area contributed by atoms with Crippen LogP contribution in [0.5, 0.6) is 0 Å². The molecule has 1 heterocycles. The second kappa shape index (κ2) is 5.32. The lowest BCUT2D eigenvalue weighted by Crippen LogP contribution is -2.41. The van der Waals surface area contributed by atoms with Crippen molar-refractivity contribution < 1.29 is 24.1 Å². The summed E-state index contributed by atoms with van der Waals surface area (Å²) in [5.41, 5.74) is 0.418. The number of methoxy groups -OCH3 is 2. The van der Waals surface area contributed by atoms with Gasteiger partial charge in [0.25, 0.3) is 0 Å². The number of ether oxygens (including phenoxy) is 3. The SMILES string of the molecule is COC(=O)C1=COC(C)C(C(O)OC)C1C. The first-order chi connectivity index (χ1) is 7.52. The van der Waals surface area contributed by atoms with Crippen molar-refractivity contribution in [3.8, 4) is 0 Å². The number of aliphatic hydroxyl groups excluding tert-OH is 1. The van der Waals surface area contributed by atoms with E-state index in [0.29, 0.717) is 5.57 Å². The predicted molar refractivity (Wildman–Crippen MR) is 56.3 cm³/mol. The highest BCUT2D eigenvalue weighted by molar-refractivity contribution is 5.88. The van der Waals surface area contributed by atoms with Gasteiger partial charge in [-0.1, -0.05) is 6.92 Å². The molecule has 0 saturated carbocycles. The van der Waals surface area contributed by atoms with E-state index in [9.17, 15) is 9.90 Å². The van der Waals surface area contributed by atoms with E-state index >= 15 is 0 Å². The number of rotatable bonds is 3. The predicted octanol–water partition coefficient (Wildman–Crippen LogP) is 0.679. The van der Waals surface area contributed by atoms with Gasteiger partial charge in [-0.2, -0.15) is 0 Å². The van der Waals surface area contributed by atoms with E-state index in [2.05, 4.69) is 4.74 Å². The normalized spacial score (nSPS) is 31.3. The number of hydrogen-bond donors (Lipinski definition) is 1. The van der Waals surface area contributed by atoms with E-state index in [1.165, 1.54) is 20.5 Å². The number of carbonyl (C=O) groups is 1. The first-order valence-corrected chi connectivity index (χ1v) is 5.17. The number of hydrogen-bond acceptors (Lipinski definition) is 5. The maximum absolute atomic E-state index is 11.4. The molecule has 0 bridgehead atoms. The molecular formula is C11H18O5. The lowest BCUT2D eigenvalue weighted by Gasteiger charge is -2.35. The minimum absolute atomic E-state index is 0.175. The van der Waals surface area contributed by atoms with Crippen LogP contribution < -0.4 is 0 Å².